The Kier molecular flexibility index (Phi) is 2.66. The van der Waals surface area contributed by atoms with E-state index in [0.29, 0.717) is 0 Å². The summed E-state index contributed by atoms with van der Waals surface area (Å²) in [4.78, 5) is 0.840. The van der Waals surface area contributed by atoms with Crippen molar-refractivity contribution in [1.29, 1.82) is 0 Å². The van der Waals surface area contributed by atoms with E-state index in [-0.39, 0.29) is 0 Å². The van der Waals surface area contributed by atoms with Gasteiger partial charge in [-0.15, -0.1) is 11.3 Å². The smallest absolute Gasteiger partial charge is 0.282 e. The Morgan fingerprint density at radius 2 is 2.25 bits per heavy atom. The van der Waals surface area contributed by atoms with Gasteiger partial charge in [-0.2, -0.15) is 8.42 Å². The maximum absolute atomic E-state index is 10.3. The Labute approximate surface area is 75.1 Å². The first-order chi connectivity index (χ1) is 5.49. The molecule has 0 spiro atoms. The van der Waals surface area contributed by atoms with Crippen LogP contribution in [0.15, 0.2) is 16.9 Å². The van der Waals surface area contributed by atoms with Crippen molar-refractivity contribution < 1.29 is 13.0 Å². The van der Waals surface area contributed by atoms with E-state index in [0.717, 1.165) is 15.8 Å². The van der Waals surface area contributed by atoms with Crippen molar-refractivity contribution in [2.24, 2.45) is 0 Å². The normalized spacial score (nSPS) is 12.5. The first-order valence-electron chi connectivity index (χ1n) is 3.19. The summed E-state index contributed by atoms with van der Waals surface area (Å²) >= 11 is 1.43. The molecule has 0 radical (unpaired) electrons. The highest BCUT2D eigenvalue weighted by molar-refractivity contribution is 7.88. The molecule has 0 unspecified atom stereocenters. The summed E-state index contributed by atoms with van der Waals surface area (Å²) in [6.45, 7) is 1.88. The molecule has 12 heavy (non-hydrogen) atoms. The summed E-state index contributed by atoms with van der Waals surface area (Å²) in [7, 11) is -3.99. The van der Waals surface area contributed by atoms with E-state index in [2.05, 4.69) is 0 Å². The van der Waals surface area contributed by atoms with Crippen LogP contribution in [-0.4, -0.2) is 13.0 Å². The molecule has 0 saturated carbocycles. The summed E-state index contributed by atoms with van der Waals surface area (Å²) < 4.78 is 29.0. The largest absolute Gasteiger partial charge is 0.287 e. The van der Waals surface area contributed by atoms with Gasteiger partial charge in [0.2, 0.25) is 0 Å². The summed E-state index contributed by atoms with van der Waals surface area (Å²) in [6.07, 6.45) is 1.38. The van der Waals surface area contributed by atoms with Crippen LogP contribution in [0.4, 0.5) is 0 Å². The van der Waals surface area contributed by atoms with Crippen LogP contribution in [0.25, 0.3) is 6.08 Å². The van der Waals surface area contributed by atoms with Gasteiger partial charge in [0.1, 0.15) is 0 Å². The van der Waals surface area contributed by atoms with Crippen molar-refractivity contribution in [3.05, 3.63) is 27.3 Å². The summed E-state index contributed by atoms with van der Waals surface area (Å²) in [6, 6.07) is 1.88. The second-order valence-corrected chi connectivity index (χ2v) is 4.54. The van der Waals surface area contributed by atoms with Crippen LogP contribution in [-0.2, 0) is 10.1 Å². The second kappa shape index (κ2) is 3.38. The highest BCUT2D eigenvalue weighted by atomic mass is 32.2. The van der Waals surface area contributed by atoms with Crippen molar-refractivity contribution in [3.63, 3.8) is 0 Å². The molecule has 5 heteroatoms. The Bertz CT molecular complexity index is 387. The van der Waals surface area contributed by atoms with Gasteiger partial charge in [-0.1, -0.05) is 0 Å². The lowest BCUT2D eigenvalue weighted by molar-refractivity contribution is 0.494. The minimum atomic E-state index is -3.99. The maximum atomic E-state index is 10.3. The zero-order valence-corrected chi connectivity index (χ0v) is 8.02. The maximum Gasteiger partial charge on any atom is 0.287 e. The van der Waals surface area contributed by atoms with E-state index in [1.165, 1.54) is 17.4 Å². The van der Waals surface area contributed by atoms with Gasteiger partial charge in [0.05, 0.1) is 5.41 Å². The van der Waals surface area contributed by atoms with Crippen LogP contribution >= 0.6 is 11.3 Å². The van der Waals surface area contributed by atoms with Gasteiger partial charge < -0.3 is 0 Å². The van der Waals surface area contributed by atoms with E-state index in [1.807, 2.05) is 18.4 Å². The molecule has 0 fully saturated rings. The van der Waals surface area contributed by atoms with Gasteiger partial charge in [-0.3, -0.25) is 4.55 Å². The SMILES string of the molecule is Cc1ccsc1C=CS(=O)(=O)O. The quantitative estimate of drug-likeness (QED) is 0.749. The molecule has 0 saturated heterocycles. The van der Waals surface area contributed by atoms with Gasteiger partial charge in [-0.05, 0) is 30.0 Å². The fourth-order valence-corrected chi connectivity index (χ4v) is 1.92. The molecule has 66 valence electrons. The van der Waals surface area contributed by atoms with Crippen molar-refractivity contribution in [2.45, 2.75) is 6.92 Å². The molecule has 0 amide bonds. The zero-order chi connectivity index (χ0) is 9.19. The van der Waals surface area contributed by atoms with Crippen LogP contribution < -0.4 is 0 Å². The van der Waals surface area contributed by atoms with Crippen LogP contribution in [0.2, 0.25) is 0 Å². The molecule has 0 aliphatic carbocycles. The van der Waals surface area contributed by atoms with E-state index in [9.17, 15) is 8.42 Å². The molecule has 1 N–H and O–H groups in total. The first kappa shape index (κ1) is 9.44. The fourth-order valence-electron chi connectivity index (χ4n) is 0.703. The summed E-state index contributed by atoms with van der Waals surface area (Å²) in [5.41, 5.74) is 1.000. The molecule has 0 aliphatic rings. The number of thiophene rings is 1. The lowest BCUT2D eigenvalue weighted by Gasteiger charge is -1.87. The molecule has 1 aromatic rings. The van der Waals surface area contributed by atoms with E-state index in [4.69, 9.17) is 4.55 Å². The van der Waals surface area contributed by atoms with E-state index in [1.54, 1.807) is 0 Å². The number of aryl methyl sites for hydroxylation is 1. The third-order valence-corrected chi connectivity index (χ3v) is 2.76. The average Bonchev–Trinajstić information content (AvgIpc) is 2.29. The third-order valence-electron chi connectivity index (χ3n) is 1.29. The lowest BCUT2D eigenvalue weighted by Crippen LogP contribution is -1.88. The molecule has 1 aromatic heterocycles. The summed E-state index contributed by atoms with van der Waals surface area (Å²) in [5.74, 6) is 0. The average molecular weight is 204 g/mol. The predicted molar refractivity (Wildman–Crippen MR) is 49.6 cm³/mol. The minimum Gasteiger partial charge on any atom is -0.282 e. The van der Waals surface area contributed by atoms with Crippen molar-refractivity contribution in [2.75, 3.05) is 0 Å². The Morgan fingerprint density at radius 1 is 1.58 bits per heavy atom. The predicted octanol–water partition coefficient (Wildman–Crippen LogP) is 1.92. The Balaban J connectivity index is 2.91. The van der Waals surface area contributed by atoms with E-state index < -0.39 is 10.1 Å². The van der Waals surface area contributed by atoms with Crippen LogP contribution in [0.1, 0.15) is 10.4 Å². The Hall–Kier alpha value is -0.650. The number of hydrogen-bond acceptors (Lipinski definition) is 3. The van der Waals surface area contributed by atoms with Crippen molar-refractivity contribution >= 4 is 27.5 Å². The fraction of sp³-hybridized carbons (Fsp3) is 0.143. The first-order valence-corrected chi connectivity index (χ1v) is 5.57. The highest BCUT2D eigenvalue weighted by Crippen LogP contribution is 2.17. The molecule has 1 heterocycles. The molecule has 0 aromatic carbocycles. The molecular weight excluding hydrogens is 196 g/mol. The van der Waals surface area contributed by atoms with Gasteiger partial charge in [0.25, 0.3) is 10.1 Å². The zero-order valence-electron chi connectivity index (χ0n) is 6.39. The standard InChI is InChI=1S/C7H8O3S2/c1-6-2-4-11-7(6)3-5-12(8,9)10/h2-5H,1H3,(H,8,9,10). The molecule has 0 bridgehead atoms. The molecule has 1 rings (SSSR count). The van der Waals surface area contributed by atoms with Crippen LogP contribution in [0, 0.1) is 6.92 Å². The number of rotatable bonds is 2. The van der Waals surface area contributed by atoms with Gasteiger partial charge >= 0.3 is 0 Å². The highest BCUT2D eigenvalue weighted by Gasteiger charge is 1.98. The molecule has 0 atom stereocenters. The van der Waals surface area contributed by atoms with Crippen molar-refractivity contribution in [3.8, 4) is 0 Å². The minimum absolute atomic E-state index is 0.784. The molecule has 3 nitrogen and oxygen atoms in total. The third kappa shape index (κ3) is 2.77. The second-order valence-electron chi connectivity index (χ2n) is 2.29. The van der Waals surface area contributed by atoms with E-state index >= 15 is 0 Å². The molecular formula is C7H8O3S2. The van der Waals surface area contributed by atoms with Gasteiger partial charge in [0.15, 0.2) is 0 Å². The van der Waals surface area contributed by atoms with Gasteiger partial charge in [0, 0.05) is 4.88 Å². The lowest BCUT2D eigenvalue weighted by atomic mass is 10.3. The Morgan fingerprint density at radius 3 is 2.67 bits per heavy atom. The van der Waals surface area contributed by atoms with Crippen LogP contribution in [0.5, 0.6) is 0 Å². The topological polar surface area (TPSA) is 54.4 Å². The monoisotopic (exact) mass is 204 g/mol. The number of hydrogen-bond donors (Lipinski definition) is 1. The molecule has 0 aliphatic heterocycles. The summed E-state index contributed by atoms with van der Waals surface area (Å²) in [5, 5.41) is 2.64. The van der Waals surface area contributed by atoms with Crippen molar-refractivity contribution in [1.82, 2.24) is 0 Å². The van der Waals surface area contributed by atoms with Crippen LogP contribution in [0.3, 0.4) is 0 Å². The van der Waals surface area contributed by atoms with Gasteiger partial charge in [-0.25, -0.2) is 0 Å².